The van der Waals surface area contributed by atoms with Crippen molar-refractivity contribution in [2.75, 3.05) is 10.6 Å². The topological polar surface area (TPSA) is 79.2 Å². The normalized spacial score (nSPS) is 12.1. The SMILES string of the molecule is CC(C)(C)c1cc(NC(=O)Nc2cccc3ccccc23)n(-c2cccc(C(C)(C)O)c2)n1. The smallest absolute Gasteiger partial charge is 0.324 e. The van der Waals surface area contributed by atoms with Gasteiger partial charge in [-0.05, 0) is 43.0 Å². The molecular weight excluding hydrogens is 412 g/mol. The summed E-state index contributed by atoms with van der Waals surface area (Å²) in [5.41, 5.74) is 1.90. The molecule has 0 atom stereocenters. The van der Waals surface area contributed by atoms with Crippen LogP contribution in [0.15, 0.2) is 72.8 Å². The van der Waals surface area contributed by atoms with Crippen molar-refractivity contribution < 1.29 is 9.90 Å². The zero-order valence-electron chi connectivity index (χ0n) is 19.7. The van der Waals surface area contributed by atoms with Crippen LogP contribution in [0.2, 0.25) is 0 Å². The third-order valence-electron chi connectivity index (χ3n) is 5.55. The molecule has 0 aliphatic carbocycles. The van der Waals surface area contributed by atoms with Crippen LogP contribution in [-0.2, 0) is 11.0 Å². The highest BCUT2D eigenvalue weighted by molar-refractivity contribution is 6.06. The predicted molar refractivity (Wildman–Crippen MR) is 134 cm³/mol. The molecule has 0 aliphatic heterocycles. The molecule has 33 heavy (non-hydrogen) atoms. The van der Waals surface area contributed by atoms with Crippen LogP contribution in [0, 0.1) is 0 Å². The summed E-state index contributed by atoms with van der Waals surface area (Å²) in [5.74, 6) is 0.547. The summed E-state index contributed by atoms with van der Waals surface area (Å²) in [6.45, 7) is 9.71. The maximum atomic E-state index is 13.0. The zero-order valence-corrected chi connectivity index (χ0v) is 19.7. The number of hydrogen-bond acceptors (Lipinski definition) is 3. The van der Waals surface area contributed by atoms with Crippen LogP contribution in [0.3, 0.4) is 0 Å². The van der Waals surface area contributed by atoms with E-state index in [1.54, 1.807) is 18.5 Å². The first kappa shape index (κ1) is 22.6. The van der Waals surface area contributed by atoms with E-state index in [1.807, 2.05) is 72.8 Å². The summed E-state index contributed by atoms with van der Waals surface area (Å²) in [6.07, 6.45) is 0. The Morgan fingerprint density at radius 3 is 2.30 bits per heavy atom. The number of rotatable bonds is 4. The number of anilines is 2. The van der Waals surface area contributed by atoms with Crippen molar-refractivity contribution in [3.63, 3.8) is 0 Å². The van der Waals surface area contributed by atoms with Crippen molar-refractivity contribution in [1.29, 1.82) is 0 Å². The highest BCUT2D eigenvalue weighted by Crippen LogP contribution is 2.29. The number of amides is 2. The molecule has 1 aromatic heterocycles. The summed E-state index contributed by atoms with van der Waals surface area (Å²) in [6, 6.07) is 22.8. The molecule has 0 radical (unpaired) electrons. The van der Waals surface area contributed by atoms with E-state index >= 15 is 0 Å². The van der Waals surface area contributed by atoms with E-state index in [0.29, 0.717) is 5.82 Å². The van der Waals surface area contributed by atoms with Crippen LogP contribution in [0.5, 0.6) is 0 Å². The van der Waals surface area contributed by atoms with Gasteiger partial charge in [-0.2, -0.15) is 5.10 Å². The fourth-order valence-electron chi connectivity index (χ4n) is 3.66. The molecule has 6 nitrogen and oxygen atoms in total. The first-order valence-electron chi connectivity index (χ1n) is 11.0. The summed E-state index contributed by atoms with van der Waals surface area (Å²) >= 11 is 0. The average molecular weight is 443 g/mol. The van der Waals surface area contributed by atoms with E-state index in [2.05, 4.69) is 31.4 Å². The molecule has 2 amide bonds. The van der Waals surface area contributed by atoms with Gasteiger partial charge in [0.1, 0.15) is 5.82 Å². The van der Waals surface area contributed by atoms with E-state index in [-0.39, 0.29) is 11.4 Å². The van der Waals surface area contributed by atoms with Crippen LogP contribution in [-0.4, -0.2) is 20.9 Å². The fourth-order valence-corrected chi connectivity index (χ4v) is 3.66. The highest BCUT2D eigenvalue weighted by Gasteiger charge is 2.23. The van der Waals surface area contributed by atoms with Gasteiger partial charge in [0.15, 0.2) is 0 Å². The molecular formula is C27H30N4O2. The number of fused-ring (bicyclic) bond motifs is 1. The van der Waals surface area contributed by atoms with Gasteiger partial charge in [0.2, 0.25) is 0 Å². The van der Waals surface area contributed by atoms with E-state index in [0.717, 1.165) is 33.4 Å². The third kappa shape index (κ3) is 4.91. The average Bonchev–Trinajstić information content (AvgIpc) is 3.18. The van der Waals surface area contributed by atoms with Gasteiger partial charge in [-0.3, -0.25) is 5.32 Å². The number of nitrogens with zero attached hydrogens (tertiary/aromatic N) is 2. The van der Waals surface area contributed by atoms with Crippen molar-refractivity contribution in [1.82, 2.24) is 9.78 Å². The van der Waals surface area contributed by atoms with Gasteiger partial charge in [0.25, 0.3) is 0 Å². The molecule has 0 spiro atoms. The minimum Gasteiger partial charge on any atom is -0.386 e. The second-order valence-electron chi connectivity index (χ2n) is 9.79. The predicted octanol–water partition coefficient (Wildman–Crippen LogP) is 6.19. The lowest BCUT2D eigenvalue weighted by molar-refractivity contribution is 0.0786. The van der Waals surface area contributed by atoms with E-state index < -0.39 is 5.60 Å². The third-order valence-corrected chi connectivity index (χ3v) is 5.55. The number of nitrogens with one attached hydrogen (secondary N) is 2. The van der Waals surface area contributed by atoms with Crippen LogP contribution in [0.25, 0.3) is 16.5 Å². The number of hydrogen-bond donors (Lipinski definition) is 3. The molecule has 3 N–H and O–H groups in total. The number of aromatic nitrogens is 2. The van der Waals surface area contributed by atoms with Gasteiger partial charge in [-0.1, -0.05) is 69.3 Å². The molecule has 0 unspecified atom stereocenters. The highest BCUT2D eigenvalue weighted by atomic mass is 16.3. The summed E-state index contributed by atoms with van der Waals surface area (Å²) in [5, 5.41) is 23.2. The fraction of sp³-hybridized carbons (Fsp3) is 0.259. The van der Waals surface area contributed by atoms with Crippen molar-refractivity contribution >= 4 is 28.3 Å². The molecule has 170 valence electrons. The van der Waals surface area contributed by atoms with Gasteiger partial charge < -0.3 is 10.4 Å². The largest absolute Gasteiger partial charge is 0.386 e. The van der Waals surface area contributed by atoms with Crippen molar-refractivity contribution in [3.8, 4) is 5.69 Å². The van der Waals surface area contributed by atoms with E-state index in [1.165, 1.54) is 0 Å². The van der Waals surface area contributed by atoms with Crippen LogP contribution in [0.4, 0.5) is 16.3 Å². The molecule has 1 heterocycles. The van der Waals surface area contributed by atoms with Crippen LogP contribution < -0.4 is 10.6 Å². The zero-order chi connectivity index (χ0) is 23.8. The van der Waals surface area contributed by atoms with Crippen molar-refractivity contribution in [3.05, 3.63) is 84.1 Å². The molecule has 3 aromatic carbocycles. The molecule has 6 heteroatoms. The van der Waals surface area contributed by atoms with Gasteiger partial charge in [-0.25, -0.2) is 9.48 Å². The van der Waals surface area contributed by atoms with Gasteiger partial charge in [0, 0.05) is 16.9 Å². The number of benzene rings is 3. The number of aliphatic hydroxyl groups is 1. The molecule has 0 bridgehead atoms. The number of carbonyl (C=O) groups excluding carboxylic acids is 1. The minimum absolute atomic E-state index is 0.207. The van der Waals surface area contributed by atoms with Gasteiger partial charge >= 0.3 is 6.03 Å². The Morgan fingerprint density at radius 1 is 0.879 bits per heavy atom. The minimum atomic E-state index is -0.991. The lowest BCUT2D eigenvalue weighted by Crippen LogP contribution is -2.21. The standard InChI is InChI=1S/C27H30N4O2/c1-26(2,3)23-17-24(31(30-23)20-13-9-12-19(16-20)27(4,5)33)29-25(32)28-22-15-8-11-18-10-6-7-14-21(18)22/h6-17,33H,1-5H3,(H2,28,29,32). The lowest BCUT2D eigenvalue weighted by Gasteiger charge is -2.19. The Balaban J connectivity index is 1.69. The van der Waals surface area contributed by atoms with Gasteiger partial charge in [0.05, 0.1) is 22.7 Å². The van der Waals surface area contributed by atoms with E-state index in [9.17, 15) is 9.90 Å². The van der Waals surface area contributed by atoms with Crippen molar-refractivity contribution in [2.24, 2.45) is 0 Å². The lowest BCUT2D eigenvalue weighted by atomic mass is 9.92. The number of carbonyl (C=O) groups is 1. The molecule has 0 aliphatic rings. The van der Waals surface area contributed by atoms with E-state index in [4.69, 9.17) is 5.10 Å². The second-order valence-corrected chi connectivity index (χ2v) is 9.79. The Morgan fingerprint density at radius 2 is 1.58 bits per heavy atom. The first-order chi connectivity index (χ1) is 15.5. The van der Waals surface area contributed by atoms with Crippen molar-refractivity contribution in [2.45, 2.75) is 45.6 Å². The Labute approximate surface area is 194 Å². The Bertz CT molecular complexity index is 1300. The molecule has 0 saturated heterocycles. The molecule has 4 rings (SSSR count). The second kappa shape index (κ2) is 8.37. The van der Waals surface area contributed by atoms with Gasteiger partial charge in [-0.15, -0.1) is 0 Å². The Hall–Kier alpha value is -3.64. The Kier molecular flexibility index (Phi) is 5.72. The number of urea groups is 1. The quantitative estimate of drug-likeness (QED) is 0.352. The first-order valence-corrected chi connectivity index (χ1v) is 11.0. The van der Waals surface area contributed by atoms with Crippen LogP contribution in [0.1, 0.15) is 45.9 Å². The molecule has 4 aromatic rings. The summed E-state index contributed by atoms with van der Waals surface area (Å²) in [4.78, 5) is 13.0. The summed E-state index contributed by atoms with van der Waals surface area (Å²) in [7, 11) is 0. The summed E-state index contributed by atoms with van der Waals surface area (Å²) < 4.78 is 1.71. The van der Waals surface area contributed by atoms with Crippen LogP contribution >= 0.6 is 0 Å². The maximum absolute atomic E-state index is 13.0. The maximum Gasteiger partial charge on any atom is 0.324 e. The molecule has 0 saturated carbocycles. The monoisotopic (exact) mass is 442 g/mol. The molecule has 0 fully saturated rings.